The lowest BCUT2D eigenvalue weighted by atomic mass is 10.2. The number of benzene rings is 1. The van der Waals surface area contributed by atoms with Crippen LogP contribution >= 0.6 is 11.8 Å². The molecule has 3 N–H and O–H groups in total. The second kappa shape index (κ2) is 5.61. The third kappa shape index (κ3) is 2.64. The molecule has 0 bridgehead atoms. The largest absolute Gasteiger partial charge is 0.497 e. The predicted octanol–water partition coefficient (Wildman–Crippen LogP) is 2.66. The Kier molecular flexibility index (Phi) is 3.66. The molecule has 2 heterocycles. The first kappa shape index (κ1) is 13.7. The summed E-state index contributed by atoms with van der Waals surface area (Å²) in [5.41, 5.74) is 8.65. The number of aromatic nitrogens is 4. The summed E-state index contributed by atoms with van der Waals surface area (Å²) in [7, 11) is 1.64. The van der Waals surface area contributed by atoms with Crippen molar-refractivity contribution >= 4 is 28.6 Å². The van der Waals surface area contributed by atoms with E-state index in [1.54, 1.807) is 7.11 Å². The Balaban J connectivity index is 1.97. The zero-order valence-corrected chi connectivity index (χ0v) is 12.6. The molecule has 0 amide bonds. The average molecular weight is 301 g/mol. The van der Waals surface area contributed by atoms with Gasteiger partial charge in [0, 0.05) is 11.6 Å². The molecule has 0 aliphatic heterocycles. The van der Waals surface area contributed by atoms with Crippen LogP contribution in [0, 0.1) is 0 Å². The van der Waals surface area contributed by atoms with Gasteiger partial charge in [0.25, 0.3) is 0 Å². The lowest BCUT2D eigenvalue weighted by Gasteiger charge is -2.05. The molecular formula is C14H15N5OS. The number of nitrogens with one attached hydrogen (secondary N) is 1. The first-order valence-corrected chi connectivity index (χ1v) is 7.34. The zero-order valence-electron chi connectivity index (χ0n) is 11.8. The lowest BCUT2D eigenvalue weighted by molar-refractivity contribution is 0.415. The Morgan fingerprint density at radius 1 is 1.33 bits per heavy atom. The highest BCUT2D eigenvalue weighted by Gasteiger charge is 2.12. The maximum Gasteiger partial charge on any atom is 0.172 e. The van der Waals surface area contributed by atoms with Crippen LogP contribution in [0.25, 0.3) is 11.0 Å². The Bertz CT molecular complexity index is 786. The smallest absolute Gasteiger partial charge is 0.172 e. The summed E-state index contributed by atoms with van der Waals surface area (Å²) in [6.07, 6.45) is 2.26. The monoisotopic (exact) mass is 301 g/mol. The van der Waals surface area contributed by atoms with Crippen LogP contribution in [0.4, 0.5) is 5.82 Å². The first-order chi connectivity index (χ1) is 10.2. The fraction of sp³-hybridized carbons (Fsp3) is 0.214. The summed E-state index contributed by atoms with van der Waals surface area (Å²) in [5, 5.41) is 1.60. The minimum absolute atomic E-state index is 0.521. The van der Waals surface area contributed by atoms with Crippen LogP contribution in [0.15, 0.2) is 34.7 Å². The molecule has 0 aliphatic rings. The van der Waals surface area contributed by atoms with Gasteiger partial charge in [-0.25, -0.2) is 15.0 Å². The SMILES string of the molecule is CCc1c(N)ncnc1Sc1nc2ccc(OC)cc2[nH]1. The molecule has 108 valence electrons. The van der Waals surface area contributed by atoms with E-state index in [4.69, 9.17) is 10.5 Å². The van der Waals surface area contributed by atoms with E-state index in [-0.39, 0.29) is 0 Å². The third-order valence-electron chi connectivity index (χ3n) is 3.15. The highest BCUT2D eigenvalue weighted by molar-refractivity contribution is 7.99. The van der Waals surface area contributed by atoms with Gasteiger partial charge in [-0.2, -0.15) is 0 Å². The maximum atomic E-state index is 5.89. The van der Waals surface area contributed by atoms with Crippen molar-refractivity contribution in [3.63, 3.8) is 0 Å². The number of methoxy groups -OCH3 is 1. The van der Waals surface area contributed by atoms with Gasteiger partial charge in [0.15, 0.2) is 5.16 Å². The van der Waals surface area contributed by atoms with E-state index in [9.17, 15) is 0 Å². The summed E-state index contributed by atoms with van der Waals surface area (Å²) >= 11 is 1.45. The standard InChI is InChI=1S/C14H15N5OS/c1-3-9-12(15)16-7-17-13(9)21-14-18-10-5-4-8(20-2)6-11(10)19-14/h4-7H,3H2,1-2H3,(H,18,19)(H2,15,16,17). The number of anilines is 1. The minimum Gasteiger partial charge on any atom is -0.497 e. The highest BCUT2D eigenvalue weighted by Crippen LogP contribution is 2.30. The molecule has 0 radical (unpaired) electrons. The Morgan fingerprint density at radius 2 is 2.19 bits per heavy atom. The van der Waals surface area contributed by atoms with Gasteiger partial charge >= 0.3 is 0 Å². The summed E-state index contributed by atoms with van der Waals surface area (Å²) in [6.45, 7) is 2.03. The molecule has 21 heavy (non-hydrogen) atoms. The van der Waals surface area contributed by atoms with Crippen molar-refractivity contribution in [1.29, 1.82) is 0 Å². The van der Waals surface area contributed by atoms with Crippen molar-refractivity contribution in [2.45, 2.75) is 23.5 Å². The van der Waals surface area contributed by atoms with Gasteiger partial charge in [0.05, 0.1) is 18.1 Å². The van der Waals surface area contributed by atoms with E-state index in [0.717, 1.165) is 38.9 Å². The number of aromatic amines is 1. The molecule has 0 aliphatic carbocycles. The van der Waals surface area contributed by atoms with E-state index in [1.165, 1.54) is 18.1 Å². The number of imidazole rings is 1. The second-order valence-electron chi connectivity index (χ2n) is 4.42. The number of ether oxygens (including phenoxy) is 1. The summed E-state index contributed by atoms with van der Waals surface area (Å²) in [4.78, 5) is 16.1. The number of fused-ring (bicyclic) bond motifs is 1. The number of hydrogen-bond acceptors (Lipinski definition) is 6. The molecule has 7 heteroatoms. The van der Waals surface area contributed by atoms with Crippen LogP contribution in [0.3, 0.4) is 0 Å². The van der Waals surface area contributed by atoms with Crippen LogP contribution in [0.1, 0.15) is 12.5 Å². The molecule has 6 nitrogen and oxygen atoms in total. The summed E-state index contributed by atoms with van der Waals surface area (Å²) in [6, 6.07) is 5.73. The molecule has 0 unspecified atom stereocenters. The van der Waals surface area contributed by atoms with E-state index in [2.05, 4.69) is 19.9 Å². The van der Waals surface area contributed by atoms with Crippen molar-refractivity contribution in [2.24, 2.45) is 0 Å². The van der Waals surface area contributed by atoms with Crippen LogP contribution in [0.5, 0.6) is 5.75 Å². The van der Waals surface area contributed by atoms with Gasteiger partial charge in [-0.3, -0.25) is 0 Å². The van der Waals surface area contributed by atoms with Crippen LogP contribution < -0.4 is 10.5 Å². The number of hydrogen-bond donors (Lipinski definition) is 2. The van der Waals surface area contributed by atoms with E-state index < -0.39 is 0 Å². The fourth-order valence-electron chi connectivity index (χ4n) is 2.06. The Morgan fingerprint density at radius 3 is 2.95 bits per heavy atom. The van der Waals surface area contributed by atoms with Crippen molar-refractivity contribution < 1.29 is 4.74 Å². The van der Waals surface area contributed by atoms with Crippen molar-refractivity contribution in [3.05, 3.63) is 30.1 Å². The zero-order chi connectivity index (χ0) is 14.8. The van der Waals surface area contributed by atoms with Gasteiger partial charge < -0.3 is 15.5 Å². The molecule has 0 saturated heterocycles. The van der Waals surface area contributed by atoms with Crippen molar-refractivity contribution in [1.82, 2.24) is 19.9 Å². The van der Waals surface area contributed by atoms with Gasteiger partial charge in [-0.05, 0) is 30.3 Å². The quantitative estimate of drug-likeness (QED) is 0.720. The number of nitrogen functional groups attached to an aromatic ring is 1. The Hall–Kier alpha value is -2.28. The molecule has 0 spiro atoms. The first-order valence-electron chi connectivity index (χ1n) is 6.52. The Labute approximate surface area is 126 Å². The number of nitrogens with zero attached hydrogens (tertiary/aromatic N) is 3. The minimum atomic E-state index is 0.521. The summed E-state index contributed by atoms with van der Waals surface area (Å²) < 4.78 is 5.21. The number of nitrogens with two attached hydrogens (primary N) is 1. The molecule has 2 aromatic heterocycles. The third-order valence-corrected chi connectivity index (χ3v) is 4.09. The lowest BCUT2D eigenvalue weighted by Crippen LogP contribution is -2.00. The molecule has 3 rings (SSSR count). The molecular weight excluding hydrogens is 286 g/mol. The number of rotatable bonds is 4. The normalized spacial score (nSPS) is 11.0. The fourth-order valence-corrected chi connectivity index (χ4v) is 3.02. The van der Waals surface area contributed by atoms with Crippen LogP contribution in [0.2, 0.25) is 0 Å². The van der Waals surface area contributed by atoms with Crippen LogP contribution in [-0.2, 0) is 6.42 Å². The topological polar surface area (TPSA) is 89.7 Å². The van der Waals surface area contributed by atoms with Crippen LogP contribution in [-0.4, -0.2) is 27.0 Å². The van der Waals surface area contributed by atoms with Crippen molar-refractivity contribution in [2.75, 3.05) is 12.8 Å². The molecule has 0 fully saturated rings. The van der Waals surface area contributed by atoms with E-state index in [1.807, 2.05) is 25.1 Å². The van der Waals surface area contributed by atoms with Gasteiger partial charge in [-0.1, -0.05) is 6.92 Å². The van der Waals surface area contributed by atoms with E-state index >= 15 is 0 Å². The van der Waals surface area contributed by atoms with Gasteiger partial charge in [0.2, 0.25) is 0 Å². The van der Waals surface area contributed by atoms with Gasteiger partial charge in [-0.15, -0.1) is 0 Å². The van der Waals surface area contributed by atoms with E-state index in [0.29, 0.717) is 5.82 Å². The predicted molar refractivity (Wildman–Crippen MR) is 82.6 cm³/mol. The van der Waals surface area contributed by atoms with Crippen molar-refractivity contribution in [3.8, 4) is 5.75 Å². The average Bonchev–Trinajstić information content (AvgIpc) is 2.88. The van der Waals surface area contributed by atoms with Gasteiger partial charge in [0.1, 0.15) is 22.9 Å². The molecule has 1 aromatic carbocycles. The molecule has 3 aromatic rings. The number of H-pyrrole nitrogens is 1. The molecule has 0 atom stereocenters. The molecule has 0 saturated carbocycles. The maximum absolute atomic E-state index is 5.89. The highest BCUT2D eigenvalue weighted by atomic mass is 32.2. The summed E-state index contributed by atoms with van der Waals surface area (Å²) in [5.74, 6) is 1.32. The second-order valence-corrected chi connectivity index (χ2v) is 5.40.